The van der Waals surface area contributed by atoms with E-state index in [4.69, 9.17) is 4.74 Å². The molecular weight excluding hydrogens is 360 g/mol. The molecule has 0 bridgehead atoms. The molecule has 150 valence electrons. The lowest BCUT2D eigenvalue weighted by Crippen LogP contribution is -2.52. The topological polar surface area (TPSA) is 113 Å². The van der Waals surface area contributed by atoms with E-state index in [1.165, 1.54) is 6.33 Å². The monoisotopic (exact) mass is 386 g/mol. The van der Waals surface area contributed by atoms with Crippen LogP contribution < -0.4 is 10.6 Å². The number of nitrogens with one attached hydrogen (secondary N) is 3. The number of aromatic amines is 1. The first-order valence-electron chi connectivity index (χ1n) is 9.03. The summed E-state index contributed by atoms with van der Waals surface area (Å²) in [5.74, 6) is -0.466. The Kier molecular flexibility index (Phi) is 7.31. The highest BCUT2D eigenvalue weighted by molar-refractivity contribution is 5.87. The van der Waals surface area contributed by atoms with Crippen LogP contribution in [0.5, 0.6) is 0 Å². The number of alkyl carbamates (subject to hydrolysis) is 1. The van der Waals surface area contributed by atoms with Crippen LogP contribution in [0.2, 0.25) is 0 Å². The maximum absolute atomic E-state index is 12.8. The first kappa shape index (κ1) is 21.1. The molecule has 0 spiro atoms. The molecule has 0 aliphatic heterocycles. The number of benzene rings is 1. The number of aromatic nitrogens is 2. The minimum Gasteiger partial charge on any atom is -0.444 e. The van der Waals surface area contributed by atoms with Crippen LogP contribution in [-0.2, 0) is 27.2 Å². The van der Waals surface area contributed by atoms with Gasteiger partial charge in [-0.2, -0.15) is 0 Å². The summed E-state index contributed by atoms with van der Waals surface area (Å²) < 4.78 is 5.26. The molecule has 0 fully saturated rings. The van der Waals surface area contributed by atoms with Crippen molar-refractivity contribution in [3.63, 3.8) is 0 Å². The van der Waals surface area contributed by atoms with E-state index in [1.54, 1.807) is 27.0 Å². The molecular formula is C20H26N4O4. The van der Waals surface area contributed by atoms with Crippen molar-refractivity contribution in [2.75, 3.05) is 0 Å². The average Bonchev–Trinajstić information content (AvgIpc) is 3.13. The fourth-order valence-electron chi connectivity index (χ4n) is 2.56. The first-order valence-corrected chi connectivity index (χ1v) is 9.03. The van der Waals surface area contributed by atoms with Crippen molar-refractivity contribution in [3.05, 3.63) is 54.1 Å². The van der Waals surface area contributed by atoms with E-state index >= 15 is 0 Å². The number of carbonyl (C=O) groups excluding carboxylic acids is 3. The molecule has 0 radical (unpaired) electrons. The predicted molar refractivity (Wildman–Crippen MR) is 104 cm³/mol. The minimum atomic E-state index is -0.888. The van der Waals surface area contributed by atoms with Gasteiger partial charge in [-0.25, -0.2) is 9.78 Å². The van der Waals surface area contributed by atoms with Crippen LogP contribution >= 0.6 is 0 Å². The highest BCUT2D eigenvalue weighted by atomic mass is 16.6. The lowest BCUT2D eigenvalue weighted by Gasteiger charge is -2.24. The Morgan fingerprint density at radius 2 is 1.89 bits per heavy atom. The van der Waals surface area contributed by atoms with Crippen LogP contribution in [0, 0.1) is 0 Å². The molecule has 1 heterocycles. The molecule has 0 saturated heterocycles. The maximum atomic E-state index is 12.8. The van der Waals surface area contributed by atoms with E-state index in [1.807, 2.05) is 30.3 Å². The number of hydrogen-bond donors (Lipinski definition) is 3. The highest BCUT2D eigenvalue weighted by Crippen LogP contribution is 2.09. The molecule has 0 unspecified atom stereocenters. The van der Waals surface area contributed by atoms with Crippen molar-refractivity contribution in [2.24, 2.45) is 0 Å². The van der Waals surface area contributed by atoms with Gasteiger partial charge in [0.05, 0.1) is 12.4 Å². The number of H-pyrrole nitrogens is 1. The molecule has 2 rings (SSSR count). The summed E-state index contributed by atoms with van der Waals surface area (Å²) in [6.07, 6.45) is 3.59. The summed E-state index contributed by atoms with van der Waals surface area (Å²) in [7, 11) is 0. The molecule has 8 heteroatoms. The highest BCUT2D eigenvalue weighted by Gasteiger charge is 2.26. The second-order valence-electron chi connectivity index (χ2n) is 7.42. The van der Waals surface area contributed by atoms with E-state index in [-0.39, 0.29) is 12.8 Å². The summed E-state index contributed by atoms with van der Waals surface area (Å²) in [6, 6.07) is 7.66. The zero-order chi connectivity index (χ0) is 20.6. The van der Waals surface area contributed by atoms with Gasteiger partial charge < -0.3 is 25.1 Å². The molecule has 2 atom stereocenters. The smallest absolute Gasteiger partial charge is 0.408 e. The van der Waals surface area contributed by atoms with Crippen molar-refractivity contribution in [1.82, 2.24) is 20.6 Å². The number of nitrogens with zero attached hydrogens (tertiary/aromatic N) is 1. The van der Waals surface area contributed by atoms with Gasteiger partial charge in [0.2, 0.25) is 5.91 Å². The molecule has 1 aromatic carbocycles. The van der Waals surface area contributed by atoms with Crippen LogP contribution in [0.1, 0.15) is 32.0 Å². The first-order chi connectivity index (χ1) is 13.3. The van der Waals surface area contributed by atoms with Gasteiger partial charge in [-0.15, -0.1) is 0 Å². The van der Waals surface area contributed by atoms with Gasteiger partial charge in [0.25, 0.3) is 0 Å². The number of amides is 2. The quantitative estimate of drug-likeness (QED) is 0.599. The third kappa shape index (κ3) is 7.22. The largest absolute Gasteiger partial charge is 0.444 e. The van der Waals surface area contributed by atoms with Crippen molar-refractivity contribution in [3.8, 4) is 0 Å². The standard InChI is InChI=1S/C20H26N4O4/c1-20(2,3)28-19(27)24-17(9-14-7-5-4-6-8-14)18(26)23-16(12-25)10-15-11-21-13-22-15/h4-8,11-13,16-17H,9-10H2,1-3H3,(H,21,22)(H,23,26)(H,24,27)/t16-,17-/m0/s1. The van der Waals surface area contributed by atoms with Crippen LogP contribution in [0.3, 0.4) is 0 Å². The summed E-state index contributed by atoms with van der Waals surface area (Å²) in [6.45, 7) is 5.23. The molecule has 2 aromatic rings. The lowest BCUT2D eigenvalue weighted by molar-refractivity contribution is -0.125. The molecule has 8 nitrogen and oxygen atoms in total. The predicted octanol–water partition coefficient (Wildman–Crippen LogP) is 1.77. The summed E-state index contributed by atoms with van der Waals surface area (Å²) in [5, 5.41) is 5.27. The van der Waals surface area contributed by atoms with Crippen LogP contribution in [0.25, 0.3) is 0 Å². The Bertz CT molecular complexity index is 769. The zero-order valence-electron chi connectivity index (χ0n) is 16.3. The Balaban J connectivity index is 2.08. The molecule has 0 saturated carbocycles. The Morgan fingerprint density at radius 3 is 2.46 bits per heavy atom. The summed E-state index contributed by atoms with van der Waals surface area (Å²) >= 11 is 0. The second kappa shape index (κ2) is 9.68. The van der Waals surface area contributed by atoms with Gasteiger partial charge in [-0.3, -0.25) is 4.79 Å². The third-order valence-electron chi connectivity index (χ3n) is 3.78. The van der Waals surface area contributed by atoms with E-state index in [0.717, 1.165) is 11.3 Å². The fraction of sp³-hybridized carbons (Fsp3) is 0.400. The molecule has 0 aliphatic carbocycles. The van der Waals surface area contributed by atoms with Gasteiger partial charge in [-0.1, -0.05) is 30.3 Å². The van der Waals surface area contributed by atoms with E-state index in [2.05, 4.69) is 20.6 Å². The average molecular weight is 386 g/mol. The number of carbonyl (C=O) groups is 3. The van der Waals surface area contributed by atoms with E-state index in [9.17, 15) is 14.4 Å². The van der Waals surface area contributed by atoms with Crippen LogP contribution in [0.15, 0.2) is 42.9 Å². The van der Waals surface area contributed by atoms with Crippen molar-refractivity contribution < 1.29 is 19.1 Å². The van der Waals surface area contributed by atoms with Gasteiger partial charge in [0.15, 0.2) is 0 Å². The van der Waals surface area contributed by atoms with Gasteiger partial charge in [-0.05, 0) is 26.3 Å². The maximum Gasteiger partial charge on any atom is 0.408 e. The SMILES string of the molecule is CC(C)(C)OC(=O)N[C@@H](Cc1ccccc1)C(=O)N[C@H](C=O)Cc1cnc[nH]1. The van der Waals surface area contributed by atoms with E-state index < -0.39 is 29.7 Å². The Hall–Kier alpha value is -3.16. The third-order valence-corrected chi connectivity index (χ3v) is 3.78. The normalized spacial score (nSPS) is 13.2. The van der Waals surface area contributed by atoms with Crippen molar-refractivity contribution in [2.45, 2.75) is 51.3 Å². The molecule has 1 aromatic heterocycles. The van der Waals surface area contributed by atoms with E-state index in [0.29, 0.717) is 6.29 Å². The number of imidazole rings is 1. The van der Waals surface area contributed by atoms with Crippen molar-refractivity contribution in [1.29, 1.82) is 0 Å². The van der Waals surface area contributed by atoms with Crippen molar-refractivity contribution >= 4 is 18.3 Å². The van der Waals surface area contributed by atoms with Gasteiger partial charge in [0.1, 0.15) is 17.9 Å². The van der Waals surface area contributed by atoms with Gasteiger partial charge in [0, 0.05) is 24.7 Å². The Labute approximate surface area is 164 Å². The summed E-state index contributed by atoms with van der Waals surface area (Å²) in [4.78, 5) is 43.1. The zero-order valence-corrected chi connectivity index (χ0v) is 16.3. The molecule has 2 amide bonds. The number of hydrogen-bond acceptors (Lipinski definition) is 5. The van der Waals surface area contributed by atoms with Crippen LogP contribution in [0.4, 0.5) is 4.79 Å². The van der Waals surface area contributed by atoms with Gasteiger partial charge >= 0.3 is 6.09 Å². The molecule has 0 aliphatic rings. The number of ether oxygens (including phenoxy) is 1. The minimum absolute atomic E-state index is 0.265. The van der Waals surface area contributed by atoms with Crippen LogP contribution in [-0.4, -0.2) is 45.9 Å². The molecule has 3 N–H and O–H groups in total. The number of rotatable bonds is 8. The summed E-state index contributed by atoms with van der Waals surface area (Å²) in [5.41, 5.74) is 0.899. The molecule has 28 heavy (non-hydrogen) atoms. The fourth-order valence-corrected chi connectivity index (χ4v) is 2.56. The number of aldehydes is 1. The second-order valence-corrected chi connectivity index (χ2v) is 7.42. The lowest BCUT2D eigenvalue weighted by atomic mass is 10.0. The Morgan fingerprint density at radius 1 is 1.18 bits per heavy atom.